The average Bonchev–Trinajstić information content (AvgIpc) is 2.56. The zero-order valence-electron chi connectivity index (χ0n) is 14.7. The number of carbonyl (C=O) groups excluding carboxylic acids is 3. The maximum Gasteiger partial charge on any atom is 0.335 e. The van der Waals surface area contributed by atoms with Crippen molar-refractivity contribution in [3.05, 3.63) is 41.1 Å². The van der Waals surface area contributed by atoms with Gasteiger partial charge in [-0.2, -0.15) is 0 Å². The summed E-state index contributed by atoms with van der Waals surface area (Å²) in [5, 5.41) is 2.26. The second-order valence-corrected chi connectivity index (χ2v) is 6.55. The van der Waals surface area contributed by atoms with Crippen molar-refractivity contribution in [1.82, 2.24) is 15.1 Å². The van der Waals surface area contributed by atoms with Gasteiger partial charge < -0.3 is 9.80 Å². The molecule has 132 valence electrons. The fourth-order valence-electron chi connectivity index (χ4n) is 2.88. The van der Waals surface area contributed by atoms with Crippen molar-refractivity contribution in [3.63, 3.8) is 0 Å². The van der Waals surface area contributed by atoms with Gasteiger partial charge in [-0.05, 0) is 44.2 Å². The van der Waals surface area contributed by atoms with Crippen molar-refractivity contribution in [2.45, 2.75) is 13.8 Å². The zero-order valence-corrected chi connectivity index (χ0v) is 14.7. The molecule has 0 saturated carbocycles. The minimum Gasteiger partial charge on any atom is -0.374 e. The van der Waals surface area contributed by atoms with Crippen LogP contribution in [0.4, 0.5) is 10.5 Å². The first kappa shape index (κ1) is 17.2. The van der Waals surface area contributed by atoms with Gasteiger partial charge in [0.2, 0.25) is 0 Å². The fourth-order valence-corrected chi connectivity index (χ4v) is 2.88. The molecular weight excluding hydrogens is 320 g/mol. The second kappa shape index (κ2) is 6.68. The van der Waals surface area contributed by atoms with E-state index in [-0.39, 0.29) is 5.57 Å². The number of amides is 4. The van der Waals surface area contributed by atoms with E-state index in [1.165, 1.54) is 0 Å². The molecule has 1 N–H and O–H groups in total. The highest BCUT2D eigenvalue weighted by molar-refractivity contribution is 6.37. The lowest BCUT2D eigenvalue weighted by molar-refractivity contribution is -0.122. The molecule has 0 unspecified atom stereocenters. The molecule has 0 spiro atoms. The number of piperazine rings is 1. The number of aryl methyl sites for hydroxylation is 2. The van der Waals surface area contributed by atoms with Gasteiger partial charge in [0, 0.05) is 32.4 Å². The number of hydrogen-bond acceptors (Lipinski definition) is 5. The van der Waals surface area contributed by atoms with E-state index in [0.29, 0.717) is 5.69 Å². The Morgan fingerprint density at radius 1 is 1.00 bits per heavy atom. The third-order valence-corrected chi connectivity index (χ3v) is 4.70. The molecule has 4 amide bonds. The molecule has 25 heavy (non-hydrogen) atoms. The number of carbonyl (C=O) groups is 3. The molecule has 7 nitrogen and oxygen atoms in total. The summed E-state index contributed by atoms with van der Waals surface area (Å²) in [7, 11) is 2.03. The summed E-state index contributed by atoms with van der Waals surface area (Å²) in [5.74, 6) is -1.23. The lowest BCUT2D eigenvalue weighted by Gasteiger charge is -2.33. The summed E-state index contributed by atoms with van der Waals surface area (Å²) in [4.78, 5) is 42.4. The Bertz CT molecular complexity index is 764. The van der Waals surface area contributed by atoms with Crippen LogP contribution < -0.4 is 10.2 Å². The first-order valence-electron chi connectivity index (χ1n) is 8.28. The van der Waals surface area contributed by atoms with Crippen LogP contribution in [0.5, 0.6) is 0 Å². The molecule has 3 rings (SSSR count). The van der Waals surface area contributed by atoms with Crippen LogP contribution in [0.2, 0.25) is 0 Å². The molecular formula is C18H22N4O3. The highest BCUT2D eigenvalue weighted by Crippen LogP contribution is 2.23. The van der Waals surface area contributed by atoms with E-state index in [2.05, 4.69) is 10.2 Å². The third-order valence-electron chi connectivity index (χ3n) is 4.70. The van der Waals surface area contributed by atoms with Gasteiger partial charge in [0.15, 0.2) is 0 Å². The van der Waals surface area contributed by atoms with E-state index in [1.807, 2.05) is 31.9 Å². The number of likely N-dealkylation sites (N-methyl/N-ethyl adjacent to an activating group) is 1. The van der Waals surface area contributed by atoms with Crippen molar-refractivity contribution in [2.75, 3.05) is 38.1 Å². The van der Waals surface area contributed by atoms with Gasteiger partial charge >= 0.3 is 6.03 Å². The van der Waals surface area contributed by atoms with Gasteiger partial charge in [0.05, 0.1) is 5.69 Å². The van der Waals surface area contributed by atoms with Gasteiger partial charge in [0.1, 0.15) is 5.57 Å². The van der Waals surface area contributed by atoms with Gasteiger partial charge in [-0.25, -0.2) is 9.69 Å². The van der Waals surface area contributed by atoms with Crippen molar-refractivity contribution in [3.8, 4) is 0 Å². The molecule has 1 aromatic carbocycles. The van der Waals surface area contributed by atoms with Crippen LogP contribution in [0.15, 0.2) is 30.0 Å². The molecule has 0 atom stereocenters. The Hall–Kier alpha value is -2.67. The highest BCUT2D eigenvalue weighted by atomic mass is 16.2. The minimum absolute atomic E-state index is 0.0117. The van der Waals surface area contributed by atoms with E-state index in [0.717, 1.165) is 42.2 Å². The van der Waals surface area contributed by atoms with Crippen LogP contribution in [0.25, 0.3) is 0 Å². The molecule has 7 heteroatoms. The number of nitrogens with one attached hydrogen (secondary N) is 1. The van der Waals surface area contributed by atoms with Crippen molar-refractivity contribution in [1.29, 1.82) is 0 Å². The predicted molar refractivity (Wildman–Crippen MR) is 94.1 cm³/mol. The van der Waals surface area contributed by atoms with Crippen LogP contribution in [0.3, 0.4) is 0 Å². The average molecular weight is 342 g/mol. The van der Waals surface area contributed by atoms with Crippen molar-refractivity contribution < 1.29 is 14.4 Å². The maximum atomic E-state index is 12.8. The first-order chi connectivity index (χ1) is 11.9. The molecule has 1 aromatic rings. The number of anilines is 1. The van der Waals surface area contributed by atoms with Gasteiger partial charge in [0.25, 0.3) is 11.8 Å². The van der Waals surface area contributed by atoms with Crippen LogP contribution in [0.1, 0.15) is 11.1 Å². The summed E-state index contributed by atoms with van der Waals surface area (Å²) in [5.41, 5.74) is 2.49. The largest absolute Gasteiger partial charge is 0.374 e. The monoisotopic (exact) mass is 342 g/mol. The number of hydrogen-bond donors (Lipinski definition) is 1. The van der Waals surface area contributed by atoms with E-state index >= 15 is 0 Å². The molecule has 2 aliphatic rings. The summed E-state index contributed by atoms with van der Waals surface area (Å²) < 4.78 is 0. The SMILES string of the molecule is Cc1ccc(N2C(=O)NC(=O)/C(=C\N3CCN(C)CC3)C2=O)cc1C. The van der Waals surface area contributed by atoms with E-state index < -0.39 is 17.8 Å². The topological polar surface area (TPSA) is 73.0 Å². The molecule has 0 aliphatic carbocycles. The van der Waals surface area contributed by atoms with Crippen molar-refractivity contribution in [2.24, 2.45) is 0 Å². The smallest absolute Gasteiger partial charge is 0.335 e. The summed E-state index contributed by atoms with van der Waals surface area (Å²) in [6.07, 6.45) is 1.57. The van der Waals surface area contributed by atoms with E-state index in [1.54, 1.807) is 18.3 Å². The molecule has 0 radical (unpaired) electrons. The lowest BCUT2D eigenvalue weighted by atomic mass is 10.1. The number of benzene rings is 1. The minimum atomic E-state index is -0.714. The number of rotatable bonds is 2. The Kier molecular flexibility index (Phi) is 4.59. The maximum absolute atomic E-state index is 12.8. The van der Waals surface area contributed by atoms with Crippen LogP contribution >= 0.6 is 0 Å². The lowest BCUT2D eigenvalue weighted by Crippen LogP contribution is -2.55. The third kappa shape index (κ3) is 3.41. The first-order valence-corrected chi connectivity index (χ1v) is 8.28. The highest BCUT2D eigenvalue weighted by Gasteiger charge is 2.37. The number of imide groups is 2. The molecule has 0 aromatic heterocycles. The quantitative estimate of drug-likeness (QED) is 0.642. The second-order valence-electron chi connectivity index (χ2n) is 6.55. The zero-order chi connectivity index (χ0) is 18.1. The summed E-state index contributed by atoms with van der Waals surface area (Å²) >= 11 is 0. The summed E-state index contributed by atoms with van der Waals surface area (Å²) in [6, 6.07) is 4.62. The van der Waals surface area contributed by atoms with E-state index in [9.17, 15) is 14.4 Å². The van der Waals surface area contributed by atoms with E-state index in [4.69, 9.17) is 0 Å². The molecule has 2 aliphatic heterocycles. The standard InChI is InChI=1S/C18H22N4O3/c1-12-4-5-14(10-13(12)2)22-17(24)15(16(23)19-18(22)25)11-21-8-6-20(3)7-9-21/h4-5,10-11H,6-9H2,1-3H3,(H,19,23,25)/b15-11+. The molecule has 2 saturated heterocycles. The van der Waals surface area contributed by atoms with Gasteiger partial charge in [-0.1, -0.05) is 6.07 Å². The van der Waals surface area contributed by atoms with Gasteiger partial charge in [-0.15, -0.1) is 0 Å². The Morgan fingerprint density at radius 2 is 1.68 bits per heavy atom. The summed E-state index contributed by atoms with van der Waals surface area (Å²) in [6.45, 7) is 7.06. The normalized spacial score (nSPS) is 21.1. The predicted octanol–water partition coefficient (Wildman–Crippen LogP) is 1.02. The Balaban J connectivity index is 1.90. The Morgan fingerprint density at radius 3 is 2.32 bits per heavy atom. The molecule has 2 heterocycles. The number of barbiturate groups is 1. The molecule has 2 fully saturated rings. The Labute approximate surface area is 146 Å². The van der Waals surface area contributed by atoms with Crippen LogP contribution in [-0.2, 0) is 9.59 Å². The molecule has 0 bridgehead atoms. The van der Waals surface area contributed by atoms with Crippen LogP contribution in [0, 0.1) is 13.8 Å². The van der Waals surface area contributed by atoms with Crippen molar-refractivity contribution >= 4 is 23.5 Å². The fraction of sp³-hybridized carbons (Fsp3) is 0.389. The number of urea groups is 1. The van der Waals surface area contributed by atoms with Gasteiger partial charge in [-0.3, -0.25) is 14.9 Å². The number of nitrogens with zero attached hydrogens (tertiary/aromatic N) is 3. The van der Waals surface area contributed by atoms with Crippen LogP contribution in [-0.4, -0.2) is 60.9 Å².